The van der Waals surface area contributed by atoms with Crippen LogP contribution in [0.25, 0.3) is 11.0 Å². The number of nitrogens with one attached hydrogen (secondary N) is 2. The number of aliphatic hydroxyl groups is 1. The van der Waals surface area contributed by atoms with Crippen molar-refractivity contribution in [2.75, 3.05) is 38.4 Å². The van der Waals surface area contributed by atoms with Gasteiger partial charge in [-0.25, -0.2) is 4.68 Å². The molecule has 0 spiro atoms. The zero-order chi connectivity index (χ0) is 33.2. The third kappa shape index (κ3) is 7.04. The van der Waals surface area contributed by atoms with Crippen molar-refractivity contribution >= 4 is 36.0 Å². The second-order valence-corrected chi connectivity index (χ2v) is 14.7. The largest absolute Gasteiger partial charge is 0.393 e. The minimum Gasteiger partial charge on any atom is -0.393 e. The number of hydrogen-bond donors (Lipinski definition) is 3. The van der Waals surface area contributed by atoms with Gasteiger partial charge in [0, 0.05) is 6.04 Å². The maximum Gasteiger partial charge on any atom is 0.367 e. The number of rotatable bonds is 16. The van der Waals surface area contributed by atoms with Gasteiger partial charge in [0.1, 0.15) is 30.7 Å². The Morgan fingerprint density at radius 3 is 2.62 bits per heavy atom. The number of anilines is 1. The maximum absolute atomic E-state index is 14.2. The van der Waals surface area contributed by atoms with Crippen LogP contribution < -0.4 is 5.32 Å². The molecule has 5 heterocycles. The molecule has 18 nitrogen and oxygen atoms in total. The molecule has 3 aromatic heterocycles. The van der Waals surface area contributed by atoms with Gasteiger partial charge in [0.05, 0.1) is 44.6 Å². The lowest BCUT2D eigenvalue weighted by atomic mass is 10.1. The molecular weight excluding hydrogens is 661 g/mol. The SMILES string of the molecule is CCOP(=O)(OCC)C(CO)(COCc1nn[nH]n1)OC[C@H]1O[C@@H](n2ncc3c(NC4CCCC4)nc(Cl)nc32)[C@@H]2OC(C)(C)O[C@@H]21. The van der Waals surface area contributed by atoms with E-state index in [2.05, 4.69) is 41.0 Å². The molecule has 3 aromatic rings. The summed E-state index contributed by atoms with van der Waals surface area (Å²) >= 11 is 6.40. The molecule has 1 aliphatic carbocycles. The van der Waals surface area contributed by atoms with Crippen LogP contribution >= 0.6 is 19.2 Å². The lowest BCUT2D eigenvalue weighted by molar-refractivity contribution is -0.209. The minimum absolute atomic E-state index is 0.0272. The number of H-pyrrole nitrogens is 1. The third-order valence-corrected chi connectivity index (χ3v) is 11.1. The molecule has 6 rings (SSSR count). The molecule has 0 bridgehead atoms. The van der Waals surface area contributed by atoms with Crippen LogP contribution in [0.2, 0.25) is 5.28 Å². The summed E-state index contributed by atoms with van der Waals surface area (Å²) in [5.41, 5.74) is 0.459. The van der Waals surface area contributed by atoms with Crippen molar-refractivity contribution < 1.29 is 42.4 Å². The quantitative estimate of drug-likeness (QED) is 0.145. The zero-order valence-electron chi connectivity index (χ0n) is 26.7. The highest BCUT2D eigenvalue weighted by atomic mass is 35.5. The van der Waals surface area contributed by atoms with E-state index < -0.39 is 56.5 Å². The first kappa shape index (κ1) is 34.5. The molecule has 20 heteroatoms. The second-order valence-electron chi connectivity index (χ2n) is 12.0. The van der Waals surface area contributed by atoms with Gasteiger partial charge in [-0.3, -0.25) is 4.57 Å². The van der Waals surface area contributed by atoms with E-state index in [-0.39, 0.29) is 37.5 Å². The van der Waals surface area contributed by atoms with Crippen LogP contribution in [0.5, 0.6) is 0 Å². The van der Waals surface area contributed by atoms with Gasteiger partial charge >= 0.3 is 7.60 Å². The Morgan fingerprint density at radius 1 is 1.19 bits per heavy atom. The fourth-order valence-corrected chi connectivity index (χ4v) is 8.27. The van der Waals surface area contributed by atoms with E-state index in [1.54, 1.807) is 38.6 Å². The normalized spacial score (nSPS) is 25.8. The van der Waals surface area contributed by atoms with Crippen LogP contribution in [0.4, 0.5) is 5.82 Å². The van der Waals surface area contributed by atoms with Gasteiger partial charge in [0.15, 0.2) is 23.5 Å². The highest BCUT2D eigenvalue weighted by molar-refractivity contribution is 7.55. The number of tetrazole rings is 1. The van der Waals surface area contributed by atoms with Gasteiger partial charge in [-0.2, -0.15) is 20.3 Å². The molecule has 2 aliphatic heterocycles. The molecule has 3 fully saturated rings. The minimum atomic E-state index is -4.14. The van der Waals surface area contributed by atoms with Crippen molar-refractivity contribution in [3.63, 3.8) is 0 Å². The molecule has 0 amide bonds. The lowest BCUT2D eigenvalue weighted by Gasteiger charge is -2.37. The fourth-order valence-electron chi connectivity index (χ4n) is 6.22. The van der Waals surface area contributed by atoms with Crippen LogP contribution in [0, 0.1) is 0 Å². The summed E-state index contributed by atoms with van der Waals surface area (Å²) in [4.78, 5) is 8.93. The van der Waals surface area contributed by atoms with E-state index in [0.717, 1.165) is 25.7 Å². The van der Waals surface area contributed by atoms with Crippen molar-refractivity contribution in [3.8, 4) is 0 Å². The third-order valence-electron chi connectivity index (χ3n) is 8.30. The average Bonchev–Trinajstić information content (AvgIpc) is 3.86. The number of aromatic nitrogens is 8. The number of nitrogens with zero attached hydrogens (tertiary/aromatic N) is 7. The number of halogens is 1. The summed E-state index contributed by atoms with van der Waals surface area (Å²) in [6, 6.07) is 0.292. The van der Waals surface area contributed by atoms with E-state index in [4.69, 9.17) is 44.3 Å². The Hall–Kier alpha value is -2.38. The summed E-state index contributed by atoms with van der Waals surface area (Å²) in [5, 5.41) is 31.2. The van der Waals surface area contributed by atoms with E-state index in [9.17, 15) is 9.67 Å². The zero-order valence-corrected chi connectivity index (χ0v) is 28.4. The first-order valence-corrected chi connectivity index (χ1v) is 17.7. The summed E-state index contributed by atoms with van der Waals surface area (Å²) in [6.45, 7) is 5.50. The molecule has 0 radical (unpaired) electrons. The number of aromatic amines is 1. The van der Waals surface area contributed by atoms with Crippen molar-refractivity contribution in [1.29, 1.82) is 0 Å². The standard InChI is InChI=1S/C27H41ClN9O9P/c1-5-42-47(39,43-6-2)27(14-38,15-40-13-19-33-35-36-34-19)41-12-18-20-21(46-26(3,4)45-20)24(44-18)37-23-17(11-29-37)22(31-25(28)32-23)30-16-9-7-8-10-16/h11,16,18,20-21,24,38H,5-10,12-15H2,1-4H3,(H,30,31,32)(H,33,34,35,36)/t18-,20-,21-,24-,27?/m1/s1. The Labute approximate surface area is 276 Å². The number of fused-ring (bicyclic) bond motifs is 2. The van der Waals surface area contributed by atoms with Crippen molar-refractivity contribution in [2.24, 2.45) is 0 Å². The summed E-state index contributed by atoms with van der Waals surface area (Å²) in [5.74, 6) is -0.110. The van der Waals surface area contributed by atoms with Crippen LogP contribution in [-0.2, 0) is 43.9 Å². The number of aliphatic hydroxyl groups excluding tert-OH is 1. The number of hydrogen-bond acceptors (Lipinski definition) is 16. The van der Waals surface area contributed by atoms with Crippen molar-refractivity contribution in [1.82, 2.24) is 40.4 Å². The maximum atomic E-state index is 14.2. The first-order valence-electron chi connectivity index (χ1n) is 15.7. The van der Waals surface area contributed by atoms with Gasteiger partial charge in [-0.15, -0.1) is 10.2 Å². The molecule has 3 N–H and O–H groups in total. The van der Waals surface area contributed by atoms with Crippen LogP contribution in [0.3, 0.4) is 0 Å². The second kappa shape index (κ2) is 14.2. The summed E-state index contributed by atoms with van der Waals surface area (Å²) < 4.78 is 58.2. The molecule has 1 unspecified atom stereocenters. The molecule has 5 atom stereocenters. The van der Waals surface area contributed by atoms with Crippen LogP contribution in [0.1, 0.15) is 65.4 Å². The molecule has 1 saturated carbocycles. The average molecular weight is 702 g/mol. The molecule has 0 aromatic carbocycles. The Morgan fingerprint density at radius 2 is 1.94 bits per heavy atom. The van der Waals surface area contributed by atoms with Crippen LogP contribution in [0.15, 0.2) is 6.20 Å². The summed E-state index contributed by atoms with van der Waals surface area (Å²) in [6.07, 6.45) is 3.22. The topological polar surface area (TPSA) is 212 Å². The molecule has 3 aliphatic rings. The van der Waals surface area contributed by atoms with Crippen molar-refractivity contribution in [3.05, 3.63) is 17.3 Å². The summed E-state index contributed by atoms with van der Waals surface area (Å²) in [7, 11) is -4.14. The van der Waals surface area contributed by atoms with E-state index in [1.807, 2.05) is 0 Å². The fraction of sp³-hybridized carbons (Fsp3) is 0.778. The van der Waals surface area contributed by atoms with Gasteiger partial charge in [0.2, 0.25) is 10.6 Å². The van der Waals surface area contributed by atoms with Crippen molar-refractivity contribution in [2.45, 2.75) is 102 Å². The van der Waals surface area contributed by atoms with Gasteiger partial charge in [-0.1, -0.05) is 18.1 Å². The van der Waals surface area contributed by atoms with E-state index >= 15 is 0 Å². The predicted molar refractivity (Wildman–Crippen MR) is 164 cm³/mol. The predicted octanol–water partition coefficient (Wildman–Crippen LogP) is 2.95. The van der Waals surface area contributed by atoms with E-state index in [1.165, 1.54) is 0 Å². The Kier molecular flexibility index (Phi) is 10.4. The van der Waals surface area contributed by atoms with Gasteiger partial charge < -0.3 is 43.2 Å². The number of ether oxygens (including phenoxy) is 5. The van der Waals surface area contributed by atoms with Crippen LogP contribution in [-0.4, -0.2) is 114 Å². The van der Waals surface area contributed by atoms with Gasteiger partial charge in [0.25, 0.3) is 0 Å². The highest BCUT2D eigenvalue weighted by Crippen LogP contribution is 2.61. The lowest BCUT2D eigenvalue weighted by Crippen LogP contribution is -2.46. The Bertz CT molecular complexity index is 1530. The highest BCUT2D eigenvalue weighted by Gasteiger charge is 2.59. The smallest absolute Gasteiger partial charge is 0.367 e. The molecule has 260 valence electrons. The molecule has 47 heavy (non-hydrogen) atoms. The van der Waals surface area contributed by atoms with Gasteiger partial charge in [-0.05, 0) is 52.1 Å². The monoisotopic (exact) mass is 701 g/mol. The van der Waals surface area contributed by atoms with E-state index in [0.29, 0.717) is 22.9 Å². The molecule has 2 saturated heterocycles. The first-order chi connectivity index (χ1) is 22.6. The Balaban J connectivity index is 1.27. The molecular formula is C27H41ClN9O9P.